The van der Waals surface area contributed by atoms with Crippen molar-refractivity contribution in [1.82, 2.24) is 10.3 Å². The van der Waals surface area contributed by atoms with Crippen LogP contribution in [0.1, 0.15) is 18.7 Å². The van der Waals surface area contributed by atoms with Crippen molar-refractivity contribution in [3.8, 4) is 0 Å². The van der Waals surface area contributed by atoms with Gasteiger partial charge in [-0.3, -0.25) is 14.9 Å². The Morgan fingerprint density at radius 2 is 2.22 bits per heavy atom. The van der Waals surface area contributed by atoms with E-state index >= 15 is 0 Å². The lowest BCUT2D eigenvalue weighted by Crippen LogP contribution is -2.64. The van der Waals surface area contributed by atoms with Crippen LogP contribution in [0, 0.1) is 0 Å². The molecule has 0 atom stereocenters. The molecule has 1 saturated heterocycles. The predicted octanol–water partition coefficient (Wildman–Crippen LogP) is 0.530. The number of carbonyl (C=O) groups is 2. The number of piperazine rings is 1. The number of amides is 2. The number of aliphatic hydroxyl groups excluding tert-OH is 1. The first-order valence-corrected chi connectivity index (χ1v) is 6.43. The van der Waals surface area contributed by atoms with Crippen LogP contribution in [-0.4, -0.2) is 34.0 Å². The third-order valence-electron chi connectivity index (χ3n) is 2.80. The Morgan fingerprint density at radius 3 is 2.78 bits per heavy atom. The Kier molecular flexibility index (Phi) is 3.31. The zero-order valence-electron chi connectivity index (χ0n) is 9.86. The number of hydrogen-bond donors (Lipinski definition) is 2. The average molecular weight is 290 g/mol. The minimum Gasteiger partial charge on any atom is -0.391 e. The second-order valence-corrected chi connectivity index (χ2v) is 5.81. The van der Waals surface area contributed by atoms with Gasteiger partial charge in [0.1, 0.15) is 17.2 Å². The van der Waals surface area contributed by atoms with Gasteiger partial charge in [0.15, 0.2) is 5.13 Å². The summed E-state index contributed by atoms with van der Waals surface area (Å²) in [5.41, 5.74) is -0.887. The molecule has 0 radical (unpaired) electrons. The van der Waals surface area contributed by atoms with Gasteiger partial charge in [0.05, 0.1) is 11.5 Å². The van der Waals surface area contributed by atoms with Gasteiger partial charge in [0, 0.05) is 0 Å². The van der Waals surface area contributed by atoms with Crippen molar-refractivity contribution in [3.63, 3.8) is 0 Å². The third kappa shape index (κ3) is 2.09. The molecule has 2 heterocycles. The van der Waals surface area contributed by atoms with E-state index in [1.165, 1.54) is 11.3 Å². The van der Waals surface area contributed by atoms with Crippen LogP contribution in [-0.2, 0) is 16.2 Å². The fourth-order valence-electron chi connectivity index (χ4n) is 1.62. The smallest absolute Gasteiger partial charge is 0.251 e. The van der Waals surface area contributed by atoms with Crippen LogP contribution in [0.5, 0.6) is 0 Å². The Hall–Kier alpha value is -1.18. The zero-order valence-corrected chi connectivity index (χ0v) is 11.4. The number of rotatable bonds is 2. The second kappa shape index (κ2) is 4.49. The summed E-state index contributed by atoms with van der Waals surface area (Å²) < 4.78 is 0. The Bertz CT molecular complexity index is 514. The number of carbonyl (C=O) groups excluding carboxylic acids is 2. The molecule has 0 bridgehead atoms. The number of aliphatic hydroxyl groups is 1. The molecule has 2 amide bonds. The van der Waals surface area contributed by atoms with E-state index in [1.807, 2.05) is 0 Å². The number of thiazole rings is 1. The summed E-state index contributed by atoms with van der Waals surface area (Å²) in [7, 11) is 0. The van der Waals surface area contributed by atoms with Gasteiger partial charge in [-0.15, -0.1) is 0 Å². The van der Waals surface area contributed by atoms with Crippen molar-refractivity contribution < 1.29 is 14.7 Å². The summed E-state index contributed by atoms with van der Waals surface area (Å²) in [6, 6.07) is 0. The van der Waals surface area contributed by atoms with Crippen molar-refractivity contribution in [2.75, 3.05) is 11.4 Å². The van der Waals surface area contributed by atoms with Gasteiger partial charge >= 0.3 is 0 Å². The summed E-state index contributed by atoms with van der Waals surface area (Å²) in [4.78, 5) is 29.4. The Morgan fingerprint density at radius 1 is 1.56 bits per heavy atom. The Balaban J connectivity index is 2.40. The molecule has 2 N–H and O–H groups in total. The fraction of sp³-hybridized carbons (Fsp3) is 0.500. The summed E-state index contributed by atoms with van der Waals surface area (Å²) >= 11 is 7.03. The summed E-state index contributed by atoms with van der Waals surface area (Å²) in [5.74, 6) is -0.758. The average Bonchev–Trinajstić information content (AvgIpc) is 2.65. The summed E-state index contributed by atoms with van der Waals surface area (Å²) in [6.45, 7) is 3.21. The highest BCUT2D eigenvalue weighted by atomic mass is 35.5. The molecule has 1 aliphatic heterocycles. The molecule has 0 aromatic carbocycles. The van der Waals surface area contributed by atoms with E-state index in [4.69, 9.17) is 16.7 Å². The van der Waals surface area contributed by atoms with Crippen molar-refractivity contribution in [3.05, 3.63) is 10.0 Å². The molecular formula is C10H12ClN3O3S. The summed E-state index contributed by atoms with van der Waals surface area (Å²) in [6.07, 6.45) is 0. The van der Waals surface area contributed by atoms with Gasteiger partial charge in [-0.1, -0.05) is 22.9 Å². The lowest BCUT2D eigenvalue weighted by Gasteiger charge is -2.39. The highest BCUT2D eigenvalue weighted by molar-refractivity contribution is 7.16. The van der Waals surface area contributed by atoms with Gasteiger partial charge in [-0.05, 0) is 13.8 Å². The van der Waals surface area contributed by atoms with Gasteiger partial charge in [-0.25, -0.2) is 4.98 Å². The standard InChI is InChI=1S/C10H12ClN3O3S/c1-10(2)8(17)12-6(16)3-14(10)9-13-7(11)5(4-15)18-9/h15H,3-4H2,1-2H3,(H,12,16,17). The van der Waals surface area contributed by atoms with Crippen LogP contribution in [0.2, 0.25) is 5.15 Å². The molecule has 18 heavy (non-hydrogen) atoms. The quantitative estimate of drug-likeness (QED) is 0.776. The van der Waals surface area contributed by atoms with E-state index < -0.39 is 5.54 Å². The van der Waals surface area contributed by atoms with Crippen molar-refractivity contribution in [2.45, 2.75) is 26.0 Å². The lowest BCUT2D eigenvalue weighted by atomic mass is 10.00. The van der Waals surface area contributed by atoms with Crippen molar-refractivity contribution in [2.24, 2.45) is 0 Å². The van der Waals surface area contributed by atoms with Crippen LogP contribution in [0.25, 0.3) is 0 Å². The number of anilines is 1. The molecule has 0 unspecified atom stereocenters. The maximum Gasteiger partial charge on any atom is 0.251 e. The summed E-state index contributed by atoms with van der Waals surface area (Å²) in [5, 5.41) is 12.0. The number of halogens is 1. The molecule has 8 heteroatoms. The van der Waals surface area contributed by atoms with Crippen LogP contribution in [0.15, 0.2) is 0 Å². The van der Waals surface area contributed by atoms with E-state index in [1.54, 1.807) is 18.7 Å². The molecule has 1 aromatic heterocycles. The molecule has 0 aliphatic carbocycles. The van der Waals surface area contributed by atoms with Crippen molar-refractivity contribution in [1.29, 1.82) is 0 Å². The number of nitrogens with zero attached hydrogens (tertiary/aromatic N) is 2. The van der Waals surface area contributed by atoms with Crippen LogP contribution >= 0.6 is 22.9 Å². The van der Waals surface area contributed by atoms with Crippen LogP contribution in [0.4, 0.5) is 5.13 Å². The molecule has 6 nitrogen and oxygen atoms in total. The van der Waals surface area contributed by atoms with Crippen LogP contribution < -0.4 is 10.2 Å². The first kappa shape index (κ1) is 13.3. The normalized spacial score (nSPS) is 19.0. The Labute approximate surface area is 113 Å². The van der Waals surface area contributed by atoms with E-state index in [9.17, 15) is 9.59 Å². The predicted molar refractivity (Wildman–Crippen MR) is 67.6 cm³/mol. The third-order valence-corrected chi connectivity index (χ3v) is 4.29. The van der Waals surface area contributed by atoms with Crippen molar-refractivity contribution >= 4 is 39.9 Å². The topological polar surface area (TPSA) is 82.5 Å². The maximum atomic E-state index is 11.8. The molecule has 1 fully saturated rings. The fourth-order valence-corrected chi connectivity index (χ4v) is 2.88. The number of hydrogen-bond acceptors (Lipinski definition) is 6. The van der Waals surface area contributed by atoms with Gasteiger partial charge < -0.3 is 10.0 Å². The largest absolute Gasteiger partial charge is 0.391 e. The zero-order chi connectivity index (χ0) is 13.5. The van der Waals surface area contributed by atoms with Gasteiger partial charge in [0.25, 0.3) is 5.91 Å². The highest BCUT2D eigenvalue weighted by Crippen LogP contribution is 2.34. The lowest BCUT2D eigenvalue weighted by molar-refractivity contribution is -0.135. The van der Waals surface area contributed by atoms with E-state index in [0.29, 0.717) is 10.0 Å². The minimum atomic E-state index is -0.887. The molecule has 1 aromatic rings. The molecule has 0 spiro atoms. The van der Waals surface area contributed by atoms with Gasteiger partial charge in [-0.2, -0.15) is 0 Å². The minimum absolute atomic E-state index is 0.0352. The monoisotopic (exact) mass is 289 g/mol. The molecular weight excluding hydrogens is 278 g/mol. The first-order valence-electron chi connectivity index (χ1n) is 5.24. The highest BCUT2D eigenvalue weighted by Gasteiger charge is 2.42. The number of aromatic nitrogens is 1. The van der Waals surface area contributed by atoms with Gasteiger partial charge in [0.2, 0.25) is 5.91 Å². The molecule has 98 valence electrons. The van der Waals surface area contributed by atoms with E-state index in [-0.39, 0.29) is 30.1 Å². The second-order valence-electron chi connectivity index (χ2n) is 4.39. The van der Waals surface area contributed by atoms with Crippen LogP contribution in [0.3, 0.4) is 0 Å². The van der Waals surface area contributed by atoms with E-state index in [2.05, 4.69) is 10.3 Å². The first-order chi connectivity index (χ1) is 8.36. The SMILES string of the molecule is CC1(C)C(=O)NC(=O)CN1c1nc(Cl)c(CO)s1. The molecule has 0 saturated carbocycles. The van der Waals surface area contributed by atoms with E-state index in [0.717, 1.165) is 0 Å². The maximum absolute atomic E-state index is 11.8. The number of imide groups is 1. The molecule has 2 rings (SSSR count). The number of nitrogens with one attached hydrogen (secondary N) is 1. The molecule has 1 aliphatic rings.